The summed E-state index contributed by atoms with van der Waals surface area (Å²) >= 11 is 7.47. The highest BCUT2D eigenvalue weighted by Crippen LogP contribution is 2.72. The third kappa shape index (κ3) is 3.16. The number of carbonyl (C=O) groups is 3. The SMILES string of the molecule is CCC(=O)O[C@]1(C(=O)COCN)[C@@H](C)CC2[C@@H]3CCC4=CC(=O)C=C[C@]4(C)[C@@]3(Cl)[C@@H](O)C[C@@]21C. The van der Waals surface area contributed by atoms with Gasteiger partial charge in [0.05, 0.1) is 17.7 Å². The number of halogens is 1. The molecule has 3 N–H and O–H groups in total. The van der Waals surface area contributed by atoms with Crippen LogP contribution in [0.15, 0.2) is 23.8 Å². The quantitative estimate of drug-likeness (QED) is 0.332. The van der Waals surface area contributed by atoms with E-state index in [1.807, 2.05) is 26.8 Å². The molecule has 8 heteroatoms. The van der Waals surface area contributed by atoms with Gasteiger partial charge in [-0.15, -0.1) is 11.6 Å². The Morgan fingerprint density at radius 1 is 1.29 bits per heavy atom. The molecule has 0 aromatic carbocycles. The minimum absolute atomic E-state index is 0.0631. The number of hydrogen-bond donors (Lipinski definition) is 2. The number of ketones is 2. The smallest absolute Gasteiger partial charge is 0.306 e. The second kappa shape index (κ2) is 8.54. The molecule has 1 unspecified atom stereocenters. The monoisotopic (exact) mass is 493 g/mol. The normalized spacial score (nSPS) is 45.1. The lowest BCUT2D eigenvalue weighted by Crippen LogP contribution is -2.69. The van der Waals surface area contributed by atoms with Crippen molar-refractivity contribution < 1.29 is 29.0 Å². The summed E-state index contributed by atoms with van der Waals surface area (Å²) in [7, 11) is 0. The molecule has 0 aliphatic heterocycles. The van der Waals surface area contributed by atoms with E-state index in [1.54, 1.807) is 13.0 Å². The summed E-state index contributed by atoms with van der Waals surface area (Å²) in [6.45, 7) is 7.20. The summed E-state index contributed by atoms with van der Waals surface area (Å²) in [5.41, 5.74) is 3.47. The summed E-state index contributed by atoms with van der Waals surface area (Å²) in [6.07, 6.45) is 6.37. The number of fused-ring (bicyclic) bond motifs is 5. The van der Waals surface area contributed by atoms with E-state index in [1.165, 1.54) is 6.08 Å². The Hall–Kier alpha value is -1.54. The van der Waals surface area contributed by atoms with Gasteiger partial charge in [-0.1, -0.05) is 39.3 Å². The Bertz CT molecular complexity index is 963. The molecule has 4 aliphatic carbocycles. The van der Waals surface area contributed by atoms with Crippen molar-refractivity contribution in [3.63, 3.8) is 0 Å². The van der Waals surface area contributed by atoms with Crippen LogP contribution in [0, 0.1) is 28.6 Å². The molecule has 0 radical (unpaired) electrons. The number of allylic oxidation sites excluding steroid dienone is 4. The van der Waals surface area contributed by atoms with Crippen LogP contribution in [0.4, 0.5) is 0 Å². The first-order valence-electron chi connectivity index (χ1n) is 12.3. The van der Waals surface area contributed by atoms with E-state index in [0.29, 0.717) is 19.3 Å². The Labute approximate surface area is 206 Å². The molecule has 0 spiro atoms. The first-order valence-corrected chi connectivity index (χ1v) is 12.6. The Balaban J connectivity index is 1.83. The molecular formula is C26H36ClNO6. The molecule has 0 heterocycles. The van der Waals surface area contributed by atoms with Gasteiger partial charge < -0.3 is 20.3 Å². The highest BCUT2D eigenvalue weighted by molar-refractivity contribution is 6.26. The Kier molecular flexibility index (Phi) is 6.42. The zero-order chi connectivity index (χ0) is 25.1. The number of ether oxygens (including phenoxy) is 2. The lowest BCUT2D eigenvalue weighted by Gasteiger charge is -2.64. The predicted molar refractivity (Wildman–Crippen MR) is 127 cm³/mol. The highest BCUT2D eigenvalue weighted by Gasteiger charge is 2.76. The number of Topliss-reactive ketones (excluding diaryl/α,β-unsaturated/α-hetero) is 1. The average Bonchev–Trinajstić information content (AvgIpc) is 3.00. The number of aliphatic hydroxyl groups is 1. The summed E-state index contributed by atoms with van der Waals surface area (Å²) in [5, 5.41) is 11.7. The molecule has 0 amide bonds. The first-order chi connectivity index (χ1) is 15.9. The van der Waals surface area contributed by atoms with E-state index in [9.17, 15) is 19.5 Å². The molecule has 0 saturated heterocycles. The summed E-state index contributed by atoms with van der Waals surface area (Å²) in [6, 6.07) is 0. The van der Waals surface area contributed by atoms with Gasteiger partial charge in [0.2, 0.25) is 5.78 Å². The standard InChI is InChI=1S/C26H36ClNO6/c1-5-22(32)34-26(21(31)13-33-14-28)15(2)10-19-18-7-6-16-11-17(29)8-9-23(16,3)25(18,27)20(30)12-24(19,26)4/h8-9,11,15,18-20,30H,5-7,10,12-14,28H2,1-4H3/t15-,18-,19?,20-,23-,24-,25-,26-/m0/s1. The maximum atomic E-state index is 13.7. The number of rotatable bonds is 6. The molecule has 4 rings (SSSR count). The Morgan fingerprint density at radius 2 is 2.00 bits per heavy atom. The van der Waals surface area contributed by atoms with Crippen LogP contribution in [0.2, 0.25) is 0 Å². The topological polar surface area (TPSA) is 116 Å². The van der Waals surface area contributed by atoms with Gasteiger partial charge in [0.1, 0.15) is 6.61 Å². The summed E-state index contributed by atoms with van der Waals surface area (Å²) < 4.78 is 11.3. The van der Waals surface area contributed by atoms with Crippen molar-refractivity contribution in [2.24, 2.45) is 34.3 Å². The molecule has 7 nitrogen and oxygen atoms in total. The zero-order valence-electron chi connectivity index (χ0n) is 20.4. The van der Waals surface area contributed by atoms with Crippen LogP contribution in [0.25, 0.3) is 0 Å². The third-order valence-electron chi connectivity index (χ3n) is 9.51. The molecule has 0 aromatic heterocycles. The van der Waals surface area contributed by atoms with Crippen molar-refractivity contribution in [3.8, 4) is 0 Å². The minimum Gasteiger partial charge on any atom is -0.450 e. The zero-order valence-corrected chi connectivity index (χ0v) is 21.2. The van der Waals surface area contributed by atoms with E-state index >= 15 is 0 Å². The highest BCUT2D eigenvalue weighted by atomic mass is 35.5. The first kappa shape index (κ1) is 25.5. The summed E-state index contributed by atoms with van der Waals surface area (Å²) in [5.74, 6) is -1.34. The van der Waals surface area contributed by atoms with Crippen molar-refractivity contribution in [2.75, 3.05) is 13.3 Å². The van der Waals surface area contributed by atoms with E-state index < -0.39 is 33.4 Å². The fourth-order valence-electron chi connectivity index (χ4n) is 7.91. The number of hydrogen-bond acceptors (Lipinski definition) is 7. The van der Waals surface area contributed by atoms with Crippen LogP contribution in [0.3, 0.4) is 0 Å². The van der Waals surface area contributed by atoms with Gasteiger partial charge >= 0.3 is 5.97 Å². The van der Waals surface area contributed by atoms with Crippen molar-refractivity contribution in [2.45, 2.75) is 76.4 Å². The van der Waals surface area contributed by atoms with E-state index in [4.69, 9.17) is 26.8 Å². The second-order valence-corrected chi connectivity index (χ2v) is 11.5. The maximum absolute atomic E-state index is 13.7. The van der Waals surface area contributed by atoms with Crippen molar-refractivity contribution in [1.29, 1.82) is 0 Å². The summed E-state index contributed by atoms with van der Waals surface area (Å²) in [4.78, 5) is 37.4. The number of esters is 1. The van der Waals surface area contributed by atoms with Gasteiger partial charge in [0.15, 0.2) is 11.4 Å². The van der Waals surface area contributed by atoms with Crippen LogP contribution >= 0.6 is 11.6 Å². The molecular weight excluding hydrogens is 458 g/mol. The molecule has 34 heavy (non-hydrogen) atoms. The van der Waals surface area contributed by atoms with Crippen LogP contribution in [0.1, 0.15) is 59.8 Å². The maximum Gasteiger partial charge on any atom is 0.306 e. The lowest BCUT2D eigenvalue weighted by molar-refractivity contribution is -0.203. The average molecular weight is 494 g/mol. The predicted octanol–water partition coefficient (Wildman–Crippen LogP) is 3.07. The fraction of sp³-hybridized carbons (Fsp3) is 0.731. The third-order valence-corrected chi connectivity index (χ3v) is 10.4. The fourth-order valence-corrected chi connectivity index (χ4v) is 8.43. The molecule has 0 bridgehead atoms. The Morgan fingerprint density at radius 3 is 2.65 bits per heavy atom. The van der Waals surface area contributed by atoms with Crippen molar-refractivity contribution in [3.05, 3.63) is 23.8 Å². The van der Waals surface area contributed by atoms with Gasteiger partial charge in [-0.25, -0.2) is 0 Å². The van der Waals surface area contributed by atoms with Gasteiger partial charge in [-0.3, -0.25) is 14.4 Å². The second-order valence-electron chi connectivity index (χ2n) is 10.9. The van der Waals surface area contributed by atoms with Crippen molar-refractivity contribution in [1.82, 2.24) is 0 Å². The van der Waals surface area contributed by atoms with Crippen LogP contribution in [-0.4, -0.2) is 52.6 Å². The van der Waals surface area contributed by atoms with Gasteiger partial charge in [0, 0.05) is 23.2 Å². The van der Waals surface area contributed by atoms with Gasteiger partial charge in [-0.05, 0) is 49.7 Å². The number of alkyl halides is 1. The number of nitrogens with two attached hydrogens (primary N) is 1. The molecule has 188 valence electrons. The van der Waals surface area contributed by atoms with Gasteiger partial charge in [-0.2, -0.15) is 0 Å². The van der Waals surface area contributed by atoms with E-state index in [0.717, 1.165) is 5.57 Å². The molecule has 3 saturated carbocycles. The largest absolute Gasteiger partial charge is 0.450 e. The van der Waals surface area contributed by atoms with Crippen LogP contribution in [0.5, 0.6) is 0 Å². The van der Waals surface area contributed by atoms with Gasteiger partial charge in [0.25, 0.3) is 0 Å². The number of carbonyl (C=O) groups excluding carboxylic acids is 3. The molecule has 8 atom stereocenters. The minimum atomic E-state index is -1.44. The molecule has 4 aliphatic rings. The van der Waals surface area contributed by atoms with E-state index in [2.05, 4.69) is 0 Å². The number of aliphatic hydroxyl groups excluding tert-OH is 1. The lowest BCUT2D eigenvalue weighted by atomic mass is 9.45. The van der Waals surface area contributed by atoms with Crippen LogP contribution in [-0.2, 0) is 23.9 Å². The van der Waals surface area contributed by atoms with Crippen LogP contribution < -0.4 is 5.73 Å². The molecule has 0 aromatic rings. The molecule has 3 fully saturated rings. The van der Waals surface area contributed by atoms with E-state index in [-0.39, 0.29) is 55.5 Å². The van der Waals surface area contributed by atoms with Crippen molar-refractivity contribution >= 4 is 29.1 Å².